The van der Waals surface area contributed by atoms with Crippen LogP contribution in [0.1, 0.15) is 20.8 Å². The van der Waals surface area contributed by atoms with Crippen molar-refractivity contribution in [3.05, 3.63) is 11.8 Å². The average molecular weight is 138 g/mol. The van der Waals surface area contributed by atoms with Gasteiger partial charge in [0, 0.05) is 19.0 Å². The zero-order valence-corrected chi connectivity index (χ0v) is 7.05. The van der Waals surface area contributed by atoms with Gasteiger partial charge in [0.25, 0.3) is 0 Å². The summed E-state index contributed by atoms with van der Waals surface area (Å²) in [5, 5.41) is 0. The van der Waals surface area contributed by atoms with Crippen LogP contribution in [0.4, 0.5) is 0 Å². The molecule has 0 N–H and O–H groups in total. The molecular weight excluding hydrogens is 124 g/mol. The van der Waals surface area contributed by atoms with Gasteiger partial charge in [-0.05, 0) is 26.3 Å². The summed E-state index contributed by atoms with van der Waals surface area (Å²) < 4.78 is 0. The quantitative estimate of drug-likeness (QED) is 0.497. The van der Waals surface area contributed by atoms with Gasteiger partial charge in [-0.15, -0.1) is 0 Å². The summed E-state index contributed by atoms with van der Waals surface area (Å²) in [6, 6.07) is 0. The summed E-state index contributed by atoms with van der Waals surface area (Å²) >= 11 is 0. The van der Waals surface area contributed by atoms with Gasteiger partial charge in [-0.2, -0.15) is 0 Å². The number of nitrogens with zero attached hydrogens (tertiary/aromatic N) is 2. The molecule has 56 valence electrons. The molecule has 0 fully saturated rings. The van der Waals surface area contributed by atoms with Gasteiger partial charge in [0.05, 0.1) is 0 Å². The third-order valence-electron chi connectivity index (χ3n) is 1.94. The first-order valence-corrected chi connectivity index (χ1v) is 3.56. The Hall–Kier alpha value is -0.790. The van der Waals surface area contributed by atoms with Crippen LogP contribution < -0.4 is 0 Å². The van der Waals surface area contributed by atoms with Gasteiger partial charge in [0.1, 0.15) is 6.17 Å². The Bertz CT molecular complexity index is 169. The molecule has 1 heterocycles. The van der Waals surface area contributed by atoms with Crippen molar-refractivity contribution in [2.24, 2.45) is 4.99 Å². The maximum Gasteiger partial charge on any atom is 0.117 e. The lowest BCUT2D eigenvalue weighted by molar-refractivity contribution is 0.356. The van der Waals surface area contributed by atoms with E-state index in [1.54, 1.807) is 0 Å². The molecule has 1 rings (SSSR count). The van der Waals surface area contributed by atoms with Gasteiger partial charge in [-0.25, -0.2) is 0 Å². The second kappa shape index (κ2) is 2.45. The van der Waals surface area contributed by atoms with Gasteiger partial charge in [0.15, 0.2) is 0 Å². The van der Waals surface area contributed by atoms with Crippen LogP contribution in [-0.4, -0.2) is 23.8 Å². The van der Waals surface area contributed by atoms with E-state index in [2.05, 4.69) is 36.9 Å². The minimum atomic E-state index is 0.309. The molecule has 0 aromatic heterocycles. The predicted molar refractivity (Wildman–Crippen MR) is 44.1 cm³/mol. The molecule has 0 aliphatic carbocycles. The maximum atomic E-state index is 4.42. The molecular formula is C8H14N2. The third-order valence-corrected chi connectivity index (χ3v) is 1.94. The highest BCUT2D eigenvalue weighted by molar-refractivity contribution is 5.98. The number of rotatable bonds is 0. The van der Waals surface area contributed by atoms with Gasteiger partial charge in [-0.1, -0.05) is 0 Å². The van der Waals surface area contributed by atoms with Crippen molar-refractivity contribution in [3.8, 4) is 0 Å². The fraction of sp³-hybridized carbons (Fsp3) is 0.625. The van der Waals surface area contributed by atoms with Crippen molar-refractivity contribution in [1.29, 1.82) is 0 Å². The molecule has 0 radical (unpaired) electrons. The minimum Gasteiger partial charge on any atom is -0.359 e. The zero-order valence-electron chi connectivity index (χ0n) is 7.05. The molecule has 0 saturated carbocycles. The van der Waals surface area contributed by atoms with E-state index in [1.807, 2.05) is 7.05 Å². The Balaban J connectivity index is 2.83. The fourth-order valence-electron chi connectivity index (χ4n) is 0.980. The summed E-state index contributed by atoms with van der Waals surface area (Å²) in [6.07, 6.45) is 2.44. The Morgan fingerprint density at radius 1 is 1.50 bits per heavy atom. The van der Waals surface area contributed by atoms with Gasteiger partial charge in [-0.3, -0.25) is 4.99 Å². The van der Waals surface area contributed by atoms with Crippen molar-refractivity contribution >= 4 is 5.71 Å². The molecule has 2 nitrogen and oxygen atoms in total. The highest BCUT2D eigenvalue weighted by atomic mass is 15.2. The smallest absolute Gasteiger partial charge is 0.117 e. The first-order chi connectivity index (χ1) is 4.61. The lowest BCUT2D eigenvalue weighted by atomic mass is 10.2. The number of aliphatic imine (C=N–C) groups is 1. The Morgan fingerprint density at radius 3 is 2.60 bits per heavy atom. The first-order valence-electron chi connectivity index (χ1n) is 3.56. The molecule has 2 heteroatoms. The van der Waals surface area contributed by atoms with Gasteiger partial charge in [0.2, 0.25) is 0 Å². The third kappa shape index (κ3) is 1.20. The topological polar surface area (TPSA) is 15.6 Å². The second-order valence-electron chi connectivity index (χ2n) is 2.82. The van der Waals surface area contributed by atoms with Crippen molar-refractivity contribution in [1.82, 2.24) is 4.90 Å². The Kier molecular flexibility index (Phi) is 1.79. The van der Waals surface area contributed by atoms with E-state index in [0.717, 1.165) is 5.71 Å². The number of hydrogen-bond acceptors (Lipinski definition) is 2. The van der Waals surface area contributed by atoms with Crippen molar-refractivity contribution in [3.63, 3.8) is 0 Å². The van der Waals surface area contributed by atoms with Crippen LogP contribution in [0.25, 0.3) is 0 Å². The van der Waals surface area contributed by atoms with E-state index in [-0.39, 0.29) is 0 Å². The average Bonchev–Trinajstić information content (AvgIpc) is 1.84. The summed E-state index contributed by atoms with van der Waals surface area (Å²) in [5.74, 6) is 0. The predicted octanol–water partition coefficient (Wildman–Crippen LogP) is 1.64. The van der Waals surface area contributed by atoms with Crippen molar-refractivity contribution in [2.75, 3.05) is 7.05 Å². The molecule has 1 aliphatic rings. The van der Waals surface area contributed by atoms with Crippen molar-refractivity contribution < 1.29 is 0 Å². The van der Waals surface area contributed by atoms with Crippen LogP contribution in [0.15, 0.2) is 16.8 Å². The number of hydrogen-bond donors (Lipinski definition) is 0. The molecule has 0 amide bonds. The zero-order chi connectivity index (χ0) is 7.72. The van der Waals surface area contributed by atoms with E-state index in [4.69, 9.17) is 0 Å². The summed E-state index contributed by atoms with van der Waals surface area (Å²) in [7, 11) is 2.05. The van der Waals surface area contributed by atoms with Crippen LogP contribution in [0.2, 0.25) is 0 Å². The molecule has 0 aromatic rings. The Labute approximate surface area is 62.3 Å². The normalized spacial score (nSPS) is 26.0. The van der Waals surface area contributed by atoms with Crippen LogP contribution >= 0.6 is 0 Å². The van der Waals surface area contributed by atoms with Gasteiger partial charge < -0.3 is 4.90 Å². The van der Waals surface area contributed by atoms with Crippen molar-refractivity contribution in [2.45, 2.75) is 26.9 Å². The molecule has 10 heavy (non-hydrogen) atoms. The molecule has 1 unspecified atom stereocenters. The minimum absolute atomic E-state index is 0.309. The molecule has 1 aliphatic heterocycles. The molecule has 0 spiro atoms. The van der Waals surface area contributed by atoms with E-state index >= 15 is 0 Å². The highest BCUT2D eigenvalue weighted by Crippen LogP contribution is 2.10. The lowest BCUT2D eigenvalue weighted by Gasteiger charge is -2.25. The Morgan fingerprint density at radius 2 is 2.10 bits per heavy atom. The standard InChI is InChI=1S/C8H14N2/c1-6-5-10(4)8(3)9-7(6)2/h5,8H,1-4H3. The van der Waals surface area contributed by atoms with E-state index in [0.29, 0.717) is 6.17 Å². The van der Waals surface area contributed by atoms with Crippen LogP contribution in [0, 0.1) is 0 Å². The first kappa shape index (κ1) is 7.32. The summed E-state index contributed by atoms with van der Waals surface area (Å²) in [4.78, 5) is 6.53. The van der Waals surface area contributed by atoms with E-state index in [1.165, 1.54) is 5.57 Å². The molecule has 0 saturated heterocycles. The number of allylic oxidation sites excluding steroid dienone is 1. The molecule has 0 aromatic carbocycles. The lowest BCUT2D eigenvalue weighted by Crippen LogP contribution is -2.27. The SMILES string of the molecule is CC1=CN(C)C(C)N=C1C. The van der Waals surface area contributed by atoms with Crippen LogP contribution in [0.5, 0.6) is 0 Å². The van der Waals surface area contributed by atoms with Crippen LogP contribution in [-0.2, 0) is 0 Å². The fourth-order valence-corrected chi connectivity index (χ4v) is 0.980. The molecule has 0 bridgehead atoms. The molecule has 1 atom stereocenters. The van der Waals surface area contributed by atoms with E-state index < -0.39 is 0 Å². The highest BCUT2D eigenvalue weighted by Gasteiger charge is 2.10. The monoisotopic (exact) mass is 138 g/mol. The summed E-state index contributed by atoms with van der Waals surface area (Å²) in [5.41, 5.74) is 2.42. The largest absolute Gasteiger partial charge is 0.359 e. The summed E-state index contributed by atoms with van der Waals surface area (Å²) in [6.45, 7) is 6.23. The second-order valence-corrected chi connectivity index (χ2v) is 2.82. The van der Waals surface area contributed by atoms with Gasteiger partial charge >= 0.3 is 0 Å². The maximum absolute atomic E-state index is 4.42. The van der Waals surface area contributed by atoms with Crippen LogP contribution in [0.3, 0.4) is 0 Å². The van der Waals surface area contributed by atoms with E-state index in [9.17, 15) is 0 Å².